The molecule has 1 N–H and O–H groups in total. The minimum atomic E-state index is -0.305. The zero-order valence-corrected chi connectivity index (χ0v) is 13.1. The predicted molar refractivity (Wildman–Crippen MR) is 87.1 cm³/mol. The van der Waals surface area contributed by atoms with Crippen LogP contribution in [0.25, 0.3) is 0 Å². The Morgan fingerprint density at radius 3 is 2.87 bits per heavy atom. The van der Waals surface area contributed by atoms with Gasteiger partial charge < -0.3 is 14.6 Å². The molecule has 23 heavy (non-hydrogen) atoms. The van der Waals surface area contributed by atoms with E-state index >= 15 is 0 Å². The van der Waals surface area contributed by atoms with Crippen molar-refractivity contribution in [1.29, 1.82) is 0 Å². The highest BCUT2D eigenvalue weighted by atomic mass is 16.6. The summed E-state index contributed by atoms with van der Waals surface area (Å²) < 4.78 is 5.43. The van der Waals surface area contributed by atoms with E-state index in [2.05, 4.69) is 4.98 Å². The number of ether oxygens (including phenoxy) is 1. The van der Waals surface area contributed by atoms with Gasteiger partial charge in [0.05, 0.1) is 6.04 Å². The van der Waals surface area contributed by atoms with Crippen LogP contribution in [0.15, 0.2) is 47.4 Å². The molecule has 2 aromatic rings. The standard InChI is InChI=1S/C18H20N2O3/c1-13-10-15(11-19-17(13)21)16-8-5-9-20(16)18(22)23-12-14-6-3-2-4-7-14/h2-4,6-7,10-11,16H,5,8-9,12H2,1H3,(H,19,21)/t16-/m0/s1. The van der Waals surface area contributed by atoms with Crippen LogP contribution in [0.3, 0.4) is 0 Å². The first-order valence-electron chi connectivity index (χ1n) is 7.81. The van der Waals surface area contributed by atoms with E-state index in [0.717, 1.165) is 24.0 Å². The van der Waals surface area contributed by atoms with Crippen molar-refractivity contribution >= 4 is 6.09 Å². The Morgan fingerprint density at radius 2 is 2.13 bits per heavy atom. The third-order valence-corrected chi connectivity index (χ3v) is 4.19. The fourth-order valence-corrected chi connectivity index (χ4v) is 2.95. The fourth-order valence-electron chi connectivity index (χ4n) is 2.95. The summed E-state index contributed by atoms with van der Waals surface area (Å²) in [6.07, 6.45) is 3.21. The van der Waals surface area contributed by atoms with Crippen LogP contribution in [0.4, 0.5) is 4.79 Å². The fraction of sp³-hybridized carbons (Fsp3) is 0.333. The second kappa shape index (κ2) is 6.69. The van der Waals surface area contributed by atoms with Gasteiger partial charge in [-0.3, -0.25) is 4.79 Å². The summed E-state index contributed by atoms with van der Waals surface area (Å²) in [5, 5.41) is 0. The lowest BCUT2D eigenvalue weighted by Gasteiger charge is -2.24. The molecule has 0 radical (unpaired) electrons. The van der Waals surface area contributed by atoms with E-state index < -0.39 is 0 Å². The van der Waals surface area contributed by atoms with Crippen molar-refractivity contribution in [3.05, 3.63) is 69.6 Å². The van der Waals surface area contributed by atoms with E-state index in [1.165, 1.54) is 0 Å². The number of nitrogens with zero attached hydrogens (tertiary/aromatic N) is 1. The molecule has 0 spiro atoms. The Labute approximate surface area is 134 Å². The van der Waals surface area contributed by atoms with Crippen molar-refractivity contribution in [1.82, 2.24) is 9.88 Å². The van der Waals surface area contributed by atoms with Gasteiger partial charge in [0.2, 0.25) is 0 Å². The van der Waals surface area contributed by atoms with E-state index in [1.807, 2.05) is 36.4 Å². The third kappa shape index (κ3) is 3.44. The Bertz CT molecular complexity index is 739. The number of aromatic nitrogens is 1. The van der Waals surface area contributed by atoms with Gasteiger partial charge in [0, 0.05) is 18.3 Å². The highest BCUT2D eigenvalue weighted by Gasteiger charge is 2.31. The maximum atomic E-state index is 12.4. The number of rotatable bonds is 3. The lowest BCUT2D eigenvalue weighted by Crippen LogP contribution is -2.31. The minimum absolute atomic E-state index is 0.0335. The number of hydrogen-bond acceptors (Lipinski definition) is 3. The summed E-state index contributed by atoms with van der Waals surface area (Å²) in [5.41, 5.74) is 2.49. The number of benzene rings is 1. The summed E-state index contributed by atoms with van der Waals surface area (Å²) in [5.74, 6) is 0. The molecule has 1 aromatic carbocycles. The molecule has 5 nitrogen and oxygen atoms in total. The number of likely N-dealkylation sites (tertiary alicyclic amines) is 1. The van der Waals surface area contributed by atoms with Gasteiger partial charge in [0.15, 0.2) is 0 Å². The average Bonchev–Trinajstić information content (AvgIpc) is 3.06. The number of carbonyl (C=O) groups is 1. The molecule has 1 amide bonds. The van der Waals surface area contributed by atoms with Crippen molar-refractivity contribution in [2.75, 3.05) is 6.54 Å². The first-order chi connectivity index (χ1) is 11.1. The summed E-state index contributed by atoms with van der Waals surface area (Å²) in [7, 11) is 0. The number of H-pyrrole nitrogens is 1. The lowest BCUT2D eigenvalue weighted by molar-refractivity contribution is 0.0920. The Hall–Kier alpha value is -2.56. The SMILES string of the molecule is Cc1cc([C@@H]2CCCN2C(=O)OCc2ccccc2)c[nH]c1=O. The molecule has 120 valence electrons. The molecule has 0 unspecified atom stereocenters. The van der Waals surface area contributed by atoms with Crippen molar-refractivity contribution in [2.45, 2.75) is 32.4 Å². The average molecular weight is 312 g/mol. The van der Waals surface area contributed by atoms with Gasteiger partial charge in [0.25, 0.3) is 5.56 Å². The summed E-state index contributed by atoms with van der Waals surface area (Å²) >= 11 is 0. The van der Waals surface area contributed by atoms with Crippen LogP contribution in [-0.2, 0) is 11.3 Å². The van der Waals surface area contributed by atoms with Gasteiger partial charge in [-0.1, -0.05) is 30.3 Å². The predicted octanol–water partition coefficient (Wildman–Crippen LogP) is 3.16. The molecule has 3 rings (SSSR count). The van der Waals surface area contributed by atoms with Crippen LogP contribution in [-0.4, -0.2) is 22.5 Å². The topological polar surface area (TPSA) is 62.4 Å². The molecular formula is C18H20N2O3. The highest BCUT2D eigenvalue weighted by Crippen LogP contribution is 2.32. The smallest absolute Gasteiger partial charge is 0.410 e. The van der Waals surface area contributed by atoms with Crippen LogP contribution in [0.2, 0.25) is 0 Å². The van der Waals surface area contributed by atoms with E-state index in [9.17, 15) is 9.59 Å². The van der Waals surface area contributed by atoms with Crippen molar-refractivity contribution in [3.8, 4) is 0 Å². The van der Waals surface area contributed by atoms with Gasteiger partial charge >= 0.3 is 6.09 Å². The molecule has 1 aromatic heterocycles. The second-order valence-electron chi connectivity index (χ2n) is 5.84. The van der Waals surface area contributed by atoms with E-state index in [1.54, 1.807) is 18.0 Å². The molecule has 1 saturated heterocycles. The molecule has 0 bridgehead atoms. The molecule has 0 aliphatic carbocycles. The Kier molecular flexibility index (Phi) is 4.46. The quantitative estimate of drug-likeness (QED) is 0.947. The number of amides is 1. The molecular weight excluding hydrogens is 292 g/mol. The van der Waals surface area contributed by atoms with Crippen LogP contribution in [0.5, 0.6) is 0 Å². The Balaban J connectivity index is 1.69. The highest BCUT2D eigenvalue weighted by molar-refractivity contribution is 5.68. The maximum Gasteiger partial charge on any atom is 0.410 e. The maximum absolute atomic E-state index is 12.4. The van der Waals surface area contributed by atoms with Gasteiger partial charge in [-0.2, -0.15) is 0 Å². The van der Waals surface area contributed by atoms with Gasteiger partial charge in [-0.05, 0) is 37.0 Å². The number of hydrogen-bond donors (Lipinski definition) is 1. The third-order valence-electron chi connectivity index (χ3n) is 4.19. The van der Waals surface area contributed by atoms with Crippen LogP contribution >= 0.6 is 0 Å². The first kappa shape index (κ1) is 15.3. The summed E-state index contributed by atoms with van der Waals surface area (Å²) in [6.45, 7) is 2.72. The van der Waals surface area contributed by atoms with Gasteiger partial charge in [-0.15, -0.1) is 0 Å². The molecule has 2 heterocycles. The normalized spacial score (nSPS) is 17.3. The van der Waals surface area contributed by atoms with Crippen molar-refractivity contribution in [2.24, 2.45) is 0 Å². The number of aryl methyl sites for hydroxylation is 1. The molecule has 1 aliphatic heterocycles. The van der Waals surface area contributed by atoms with E-state index in [-0.39, 0.29) is 24.3 Å². The molecule has 0 saturated carbocycles. The Morgan fingerprint density at radius 1 is 1.35 bits per heavy atom. The molecule has 5 heteroatoms. The molecule has 1 fully saturated rings. The molecule has 1 atom stereocenters. The number of pyridine rings is 1. The monoisotopic (exact) mass is 312 g/mol. The minimum Gasteiger partial charge on any atom is -0.445 e. The lowest BCUT2D eigenvalue weighted by atomic mass is 10.1. The zero-order valence-electron chi connectivity index (χ0n) is 13.1. The number of aromatic amines is 1. The second-order valence-corrected chi connectivity index (χ2v) is 5.84. The number of nitrogens with one attached hydrogen (secondary N) is 1. The van der Waals surface area contributed by atoms with Gasteiger partial charge in [-0.25, -0.2) is 4.79 Å². The van der Waals surface area contributed by atoms with Crippen LogP contribution in [0, 0.1) is 6.92 Å². The zero-order chi connectivity index (χ0) is 16.2. The van der Waals surface area contributed by atoms with Crippen molar-refractivity contribution < 1.29 is 9.53 Å². The van der Waals surface area contributed by atoms with Crippen LogP contribution in [0.1, 0.15) is 35.6 Å². The van der Waals surface area contributed by atoms with Crippen LogP contribution < -0.4 is 5.56 Å². The van der Waals surface area contributed by atoms with E-state index in [0.29, 0.717) is 12.1 Å². The van der Waals surface area contributed by atoms with Gasteiger partial charge in [0.1, 0.15) is 6.61 Å². The molecule has 1 aliphatic rings. The number of carbonyl (C=O) groups excluding carboxylic acids is 1. The summed E-state index contributed by atoms with van der Waals surface area (Å²) in [4.78, 5) is 28.4. The summed E-state index contributed by atoms with van der Waals surface area (Å²) in [6, 6.07) is 11.5. The van der Waals surface area contributed by atoms with E-state index in [4.69, 9.17) is 4.74 Å². The first-order valence-corrected chi connectivity index (χ1v) is 7.81. The van der Waals surface area contributed by atoms with Crippen molar-refractivity contribution in [3.63, 3.8) is 0 Å². The largest absolute Gasteiger partial charge is 0.445 e.